The maximum absolute atomic E-state index is 12.2. The van der Waals surface area contributed by atoms with Crippen LogP contribution in [0.4, 0.5) is 0 Å². The first-order valence-corrected chi connectivity index (χ1v) is 7.21. The molecule has 2 fully saturated rings. The van der Waals surface area contributed by atoms with E-state index in [1.165, 1.54) is 0 Å². The summed E-state index contributed by atoms with van der Waals surface area (Å²) >= 11 is 0. The number of hydrogen-bond acceptors (Lipinski definition) is 3. The number of nitrogens with zero attached hydrogens (tertiary/aromatic N) is 1. The summed E-state index contributed by atoms with van der Waals surface area (Å²) in [6.45, 7) is 4.34. The predicted molar refractivity (Wildman–Crippen MR) is 72.8 cm³/mol. The van der Waals surface area contributed by atoms with E-state index < -0.39 is 0 Å². The molecule has 5 heteroatoms. The molecule has 1 aromatic rings. The molecule has 1 saturated carbocycles. The molecule has 0 unspecified atom stereocenters. The largest absolute Gasteiger partial charge is 0.464 e. The Balaban J connectivity index is 1.58. The van der Waals surface area contributed by atoms with Gasteiger partial charge in [-0.05, 0) is 38.8 Å². The Morgan fingerprint density at radius 2 is 2.20 bits per heavy atom. The fraction of sp³-hybridized carbons (Fsp3) is 0.600. The number of nitrogens with one attached hydrogen (secondary N) is 1. The summed E-state index contributed by atoms with van der Waals surface area (Å²) in [5, 5.41) is 2.94. The fourth-order valence-electron chi connectivity index (χ4n) is 2.73. The van der Waals surface area contributed by atoms with E-state index in [-0.39, 0.29) is 23.8 Å². The molecular formula is C15H20N2O3. The zero-order valence-corrected chi connectivity index (χ0v) is 11.9. The SMILES string of the molecule is Cc1ccc([C@@H](C)NC(=O)[C@H]2CC(=O)N(C3CC3)C2)o1. The lowest BCUT2D eigenvalue weighted by molar-refractivity contribution is -0.129. The maximum atomic E-state index is 12.2. The fourth-order valence-corrected chi connectivity index (χ4v) is 2.73. The molecule has 1 N–H and O–H groups in total. The first-order chi connectivity index (χ1) is 9.54. The standard InChI is InChI=1S/C15H20N2O3/c1-9-3-6-13(20-9)10(2)16-15(19)11-7-14(18)17(8-11)12-4-5-12/h3,6,10-12H,4-5,7-8H2,1-2H3,(H,16,19)/t10-,11+/m1/s1. The molecule has 0 spiro atoms. The summed E-state index contributed by atoms with van der Waals surface area (Å²) in [5.74, 6) is 1.43. The quantitative estimate of drug-likeness (QED) is 0.911. The van der Waals surface area contributed by atoms with Crippen molar-refractivity contribution in [3.05, 3.63) is 23.7 Å². The first-order valence-electron chi connectivity index (χ1n) is 7.21. The minimum atomic E-state index is -0.221. The molecule has 1 aromatic heterocycles. The Bertz CT molecular complexity index is 533. The second kappa shape index (κ2) is 4.96. The molecule has 0 radical (unpaired) electrons. The number of hydrogen-bond donors (Lipinski definition) is 1. The lowest BCUT2D eigenvalue weighted by Crippen LogP contribution is -2.34. The second-order valence-corrected chi connectivity index (χ2v) is 5.86. The van der Waals surface area contributed by atoms with Crippen LogP contribution in [0.5, 0.6) is 0 Å². The van der Waals surface area contributed by atoms with E-state index in [1.54, 1.807) is 0 Å². The lowest BCUT2D eigenvalue weighted by Gasteiger charge is -2.17. The predicted octanol–water partition coefficient (Wildman–Crippen LogP) is 1.78. The van der Waals surface area contributed by atoms with Gasteiger partial charge in [0.15, 0.2) is 0 Å². The van der Waals surface area contributed by atoms with Crippen molar-refractivity contribution in [1.82, 2.24) is 10.2 Å². The normalized spacial score (nSPS) is 24.0. The van der Waals surface area contributed by atoms with Crippen LogP contribution in [-0.4, -0.2) is 29.3 Å². The highest BCUT2D eigenvalue weighted by Gasteiger charge is 2.41. The minimum absolute atomic E-state index is 0.0527. The van der Waals surface area contributed by atoms with Crippen LogP contribution in [0.1, 0.15) is 43.7 Å². The summed E-state index contributed by atoms with van der Waals surface area (Å²) in [5.41, 5.74) is 0. The molecule has 2 atom stereocenters. The van der Waals surface area contributed by atoms with Gasteiger partial charge in [0.05, 0.1) is 12.0 Å². The van der Waals surface area contributed by atoms with Crippen molar-refractivity contribution in [2.45, 2.75) is 45.2 Å². The Labute approximate surface area is 118 Å². The second-order valence-electron chi connectivity index (χ2n) is 5.86. The summed E-state index contributed by atoms with van der Waals surface area (Å²) in [4.78, 5) is 26.0. The molecule has 2 aliphatic rings. The number of rotatable bonds is 4. The van der Waals surface area contributed by atoms with Crippen molar-refractivity contribution < 1.29 is 14.0 Å². The van der Waals surface area contributed by atoms with E-state index in [9.17, 15) is 9.59 Å². The number of carbonyl (C=O) groups excluding carboxylic acids is 2. The van der Waals surface area contributed by atoms with Crippen molar-refractivity contribution in [3.63, 3.8) is 0 Å². The van der Waals surface area contributed by atoms with Gasteiger partial charge in [0.1, 0.15) is 11.5 Å². The Kier molecular flexibility index (Phi) is 3.28. The molecule has 2 heterocycles. The van der Waals surface area contributed by atoms with E-state index in [0.29, 0.717) is 19.0 Å². The van der Waals surface area contributed by atoms with Crippen LogP contribution in [0.25, 0.3) is 0 Å². The molecule has 5 nitrogen and oxygen atoms in total. The van der Waals surface area contributed by atoms with Gasteiger partial charge in [-0.15, -0.1) is 0 Å². The highest BCUT2D eigenvalue weighted by atomic mass is 16.3. The minimum Gasteiger partial charge on any atom is -0.464 e. The van der Waals surface area contributed by atoms with Gasteiger partial charge in [0.25, 0.3) is 0 Å². The molecule has 20 heavy (non-hydrogen) atoms. The van der Waals surface area contributed by atoms with Crippen LogP contribution in [0.3, 0.4) is 0 Å². The van der Waals surface area contributed by atoms with Crippen LogP contribution in [0.2, 0.25) is 0 Å². The highest BCUT2D eigenvalue weighted by molar-refractivity contribution is 5.89. The van der Waals surface area contributed by atoms with E-state index in [0.717, 1.165) is 24.4 Å². The van der Waals surface area contributed by atoms with Gasteiger partial charge >= 0.3 is 0 Å². The van der Waals surface area contributed by atoms with Gasteiger partial charge in [0, 0.05) is 19.0 Å². The van der Waals surface area contributed by atoms with Gasteiger partial charge in [-0.25, -0.2) is 0 Å². The average Bonchev–Trinajstić information content (AvgIpc) is 3.03. The zero-order chi connectivity index (χ0) is 14.3. The van der Waals surface area contributed by atoms with Crippen molar-refractivity contribution in [1.29, 1.82) is 0 Å². The third-order valence-corrected chi connectivity index (χ3v) is 4.06. The van der Waals surface area contributed by atoms with Crippen LogP contribution in [-0.2, 0) is 9.59 Å². The van der Waals surface area contributed by atoms with Crippen molar-refractivity contribution in [2.75, 3.05) is 6.54 Å². The number of furan rings is 1. The summed E-state index contributed by atoms with van der Waals surface area (Å²) in [7, 11) is 0. The van der Waals surface area contributed by atoms with Gasteiger partial charge < -0.3 is 14.6 Å². The average molecular weight is 276 g/mol. The molecule has 1 aliphatic carbocycles. The number of carbonyl (C=O) groups is 2. The van der Waals surface area contributed by atoms with Gasteiger partial charge in [-0.1, -0.05) is 0 Å². The third kappa shape index (κ3) is 2.57. The molecular weight excluding hydrogens is 256 g/mol. The van der Waals surface area contributed by atoms with Crippen LogP contribution in [0, 0.1) is 12.8 Å². The lowest BCUT2D eigenvalue weighted by atomic mass is 10.1. The van der Waals surface area contributed by atoms with E-state index in [4.69, 9.17) is 4.42 Å². The molecule has 2 amide bonds. The number of likely N-dealkylation sites (tertiary alicyclic amines) is 1. The molecule has 1 aliphatic heterocycles. The summed E-state index contributed by atoms with van der Waals surface area (Å²) < 4.78 is 5.51. The topological polar surface area (TPSA) is 62.6 Å². The summed E-state index contributed by atoms with van der Waals surface area (Å²) in [6.07, 6.45) is 2.51. The van der Waals surface area contributed by atoms with Crippen molar-refractivity contribution in [2.24, 2.45) is 5.92 Å². The van der Waals surface area contributed by atoms with Gasteiger partial charge in [0.2, 0.25) is 11.8 Å². The summed E-state index contributed by atoms with van der Waals surface area (Å²) in [6, 6.07) is 3.98. The Morgan fingerprint density at radius 3 is 2.80 bits per heavy atom. The molecule has 0 aromatic carbocycles. The number of amides is 2. The first kappa shape index (κ1) is 13.2. The molecule has 3 rings (SSSR count). The van der Waals surface area contributed by atoms with E-state index in [1.807, 2.05) is 30.9 Å². The van der Waals surface area contributed by atoms with Crippen molar-refractivity contribution >= 4 is 11.8 Å². The number of aryl methyl sites for hydroxylation is 1. The van der Waals surface area contributed by atoms with E-state index in [2.05, 4.69) is 5.32 Å². The third-order valence-electron chi connectivity index (χ3n) is 4.06. The maximum Gasteiger partial charge on any atom is 0.226 e. The molecule has 1 saturated heterocycles. The monoisotopic (exact) mass is 276 g/mol. The highest BCUT2D eigenvalue weighted by Crippen LogP contribution is 2.32. The van der Waals surface area contributed by atoms with Crippen LogP contribution < -0.4 is 5.32 Å². The molecule has 108 valence electrons. The van der Waals surface area contributed by atoms with Gasteiger partial charge in [-0.3, -0.25) is 9.59 Å². The molecule has 0 bridgehead atoms. The van der Waals surface area contributed by atoms with Crippen molar-refractivity contribution in [3.8, 4) is 0 Å². The zero-order valence-electron chi connectivity index (χ0n) is 11.9. The van der Waals surface area contributed by atoms with Crippen LogP contribution >= 0.6 is 0 Å². The van der Waals surface area contributed by atoms with Crippen LogP contribution in [0.15, 0.2) is 16.5 Å². The van der Waals surface area contributed by atoms with E-state index >= 15 is 0 Å². The Hall–Kier alpha value is -1.78. The van der Waals surface area contributed by atoms with Gasteiger partial charge in [-0.2, -0.15) is 0 Å². The Morgan fingerprint density at radius 1 is 1.45 bits per heavy atom. The smallest absolute Gasteiger partial charge is 0.226 e.